The Morgan fingerprint density at radius 2 is 1.95 bits per heavy atom. The van der Waals surface area contributed by atoms with Gasteiger partial charge in [-0.2, -0.15) is 5.26 Å². The van der Waals surface area contributed by atoms with Gasteiger partial charge in [0.1, 0.15) is 24.0 Å². The van der Waals surface area contributed by atoms with Gasteiger partial charge in [0.05, 0.1) is 14.2 Å². The summed E-state index contributed by atoms with van der Waals surface area (Å²) in [6.07, 6.45) is 4.05. The number of carbonyl (C=O) groups is 2. The second-order valence-electron chi connectivity index (χ2n) is 7.99. The number of carbonyl (C=O) groups excluding carboxylic acids is 2. The number of aromatic nitrogens is 1. The summed E-state index contributed by atoms with van der Waals surface area (Å²) in [7, 11) is 2.76. The molecule has 0 radical (unpaired) electrons. The van der Waals surface area contributed by atoms with Crippen LogP contribution in [0, 0.1) is 11.3 Å². The highest BCUT2D eigenvalue weighted by Gasteiger charge is 2.14. The summed E-state index contributed by atoms with van der Waals surface area (Å²) in [6, 6.07) is 18.1. The standard InChI is InChI=1S/C28H25N3O6/c1-34-26-14-18(7-9-24(26)36-17-21-8-10-25(37-21)28(33)35-2)13-20(15-29)27(32)30-12-11-19-16-31-23-6-4-3-5-22(19)23/h3-10,13-14,16,31H,11-12,17H2,1-2H3,(H,30,32). The van der Waals surface area contributed by atoms with E-state index in [1.54, 1.807) is 24.3 Å². The first-order valence-corrected chi connectivity index (χ1v) is 11.4. The largest absolute Gasteiger partial charge is 0.493 e. The minimum atomic E-state index is -0.574. The van der Waals surface area contributed by atoms with E-state index in [4.69, 9.17) is 13.9 Å². The summed E-state index contributed by atoms with van der Waals surface area (Å²) in [4.78, 5) is 27.4. The Hall–Kier alpha value is -4.97. The van der Waals surface area contributed by atoms with Crippen molar-refractivity contribution in [3.63, 3.8) is 0 Å². The molecule has 2 heterocycles. The number of nitriles is 1. The van der Waals surface area contributed by atoms with Crippen LogP contribution in [0.3, 0.4) is 0 Å². The van der Waals surface area contributed by atoms with Crippen LogP contribution in [0.1, 0.15) is 27.4 Å². The molecule has 2 N–H and O–H groups in total. The summed E-state index contributed by atoms with van der Waals surface area (Å²) < 4.78 is 21.2. The SMILES string of the molecule is COC(=O)c1ccc(COc2ccc(C=C(C#N)C(=O)NCCc3c[nH]c4ccccc34)cc2OC)o1. The molecule has 0 spiro atoms. The molecule has 0 saturated heterocycles. The smallest absolute Gasteiger partial charge is 0.373 e. The predicted molar refractivity (Wildman–Crippen MR) is 136 cm³/mol. The Morgan fingerprint density at radius 1 is 1.11 bits per heavy atom. The number of esters is 1. The van der Waals surface area contributed by atoms with Gasteiger partial charge >= 0.3 is 5.97 Å². The number of nitrogens with zero attached hydrogens (tertiary/aromatic N) is 1. The van der Waals surface area contributed by atoms with Gasteiger partial charge in [-0.3, -0.25) is 4.79 Å². The van der Waals surface area contributed by atoms with Crippen molar-refractivity contribution in [1.29, 1.82) is 5.26 Å². The Labute approximate surface area is 213 Å². The van der Waals surface area contributed by atoms with Crippen LogP contribution in [0.25, 0.3) is 17.0 Å². The van der Waals surface area contributed by atoms with E-state index < -0.39 is 11.9 Å². The summed E-state index contributed by atoms with van der Waals surface area (Å²) >= 11 is 0. The van der Waals surface area contributed by atoms with Gasteiger partial charge in [-0.15, -0.1) is 0 Å². The number of furan rings is 1. The van der Waals surface area contributed by atoms with Crippen molar-refractivity contribution < 1.29 is 28.2 Å². The number of amides is 1. The van der Waals surface area contributed by atoms with Crippen molar-refractivity contribution in [3.05, 3.63) is 89.0 Å². The number of hydrogen-bond donors (Lipinski definition) is 2. The van der Waals surface area contributed by atoms with E-state index in [2.05, 4.69) is 15.0 Å². The molecule has 0 fully saturated rings. The molecule has 0 unspecified atom stereocenters. The number of nitrogens with one attached hydrogen (secondary N) is 2. The third-order valence-electron chi connectivity index (χ3n) is 5.64. The topological polar surface area (TPSA) is 127 Å². The molecule has 0 saturated carbocycles. The fourth-order valence-electron chi connectivity index (χ4n) is 3.77. The molecular weight excluding hydrogens is 474 g/mol. The molecule has 1 amide bonds. The lowest BCUT2D eigenvalue weighted by molar-refractivity contribution is -0.117. The number of rotatable bonds is 10. The van der Waals surface area contributed by atoms with Crippen molar-refractivity contribution >= 4 is 28.9 Å². The van der Waals surface area contributed by atoms with Crippen LogP contribution in [0.15, 0.2) is 70.8 Å². The lowest BCUT2D eigenvalue weighted by Crippen LogP contribution is -2.26. The molecule has 0 aliphatic carbocycles. The van der Waals surface area contributed by atoms with Crippen LogP contribution in [0.2, 0.25) is 0 Å². The van der Waals surface area contributed by atoms with E-state index in [1.165, 1.54) is 26.4 Å². The number of methoxy groups -OCH3 is 2. The molecule has 37 heavy (non-hydrogen) atoms. The van der Waals surface area contributed by atoms with E-state index in [1.807, 2.05) is 36.5 Å². The average Bonchev–Trinajstić information content (AvgIpc) is 3.57. The first kappa shape index (κ1) is 25.1. The Bertz CT molecular complexity index is 1490. The van der Waals surface area contributed by atoms with Gasteiger partial charge in [0.15, 0.2) is 11.5 Å². The molecule has 0 atom stereocenters. The molecule has 2 aromatic heterocycles. The Balaban J connectivity index is 1.38. The van der Waals surface area contributed by atoms with Gasteiger partial charge in [0, 0.05) is 23.6 Å². The molecule has 0 aliphatic rings. The van der Waals surface area contributed by atoms with Crippen LogP contribution >= 0.6 is 0 Å². The van der Waals surface area contributed by atoms with Crippen LogP contribution < -0.4 is 14.8 Å². The number of para-hydroxylation sites is 1. The molecule has 188 valence electrons. The highest BCUT2D eigenvalue weighted by Crippen LogP contribution is 2.30. The molecule has 9 heteroatoms. The zero-order chi connectivity index (χ0) is 26.2. The van der Waals surface area contributed by atoms with Gasteiger partial charge in [-0.25, -0.2) is 4.79 Å². The van der Waals surface area contributed by atoms with Crippen LogP contribution in [-0.2, 0) is 22.6 Å². The third kappa shape index (κ3) is 6.00. The van der Waals surface area contributed by atoms with E-state index in [-0.39, 0.29) is 17.9 Å². The van der Waals surface area contributed by atoms with E-state index in [0.29, 0.717) is 35.8 Å². The number of benzene rings is 2. The van der Waals surface area contributed by atoms with Gasteiger partial charge in [-0.05, 0) is 54.0 Å². The fourth-order valence-corrected chi connectivity index (χ4v) is 3.77. The normalized spacial score (nSPS) is 11.1. The number of hydrogen-bond acceptors (Lipinski definition) is 7. The van der Waals surface area contributed by atoms with E-state index >= 15 is 0 Å². The fraction of sp³-hybridized carbons (Fsp3) is 0.179. The molecular formula is C28H25N3O6. The maximum absolute atomic E-state index is 12.6. The highest BCUT2D eigenvalue weighted by atomic mass is 16.5. The maximum Gasteiger partial charge on any atom is 0.373 e. The molecule has 0 bridgehead atoms. The Morgan fingerprint density at radius 3 is 2.73 bits per heavy atom. The zero-order valence-electron chi connectivity index (χ0n) is 20.4. The quantitative estimate of drug-likeness (QED) is 0.188. The Kier molecular flexibility index (Phi) is 7.91. The first-order chi connectivity index (χ1) is 18.0. The molecule has 2 aromatic carbocycles. The summed E-state index contributed by atoms with van der Waals surface area (Å²) in [5, 5.41) is 13.5. The van der Waals surface area contributed by atoms with E-state index in [0.717, 1.165) is 16.5 Å². The number of H-pyrrole nitrogens is 1. The second kappa shape index (κ2) is 11.6. The van der Waals surface area contributed by atoms with E-state index in [9.17, 15) is 14.9 Å². The molecule has 4 aromatic rings. The van der Waals surface area contributed by atoms with Crippen molar-refractivity contribution in [3.8, 4) is 17.6 Å². The van der Waals surface area contributed by atoms with Crippen molar-refractivity contribution in [2.45, 2.75) is 13.0 Å². The summed E-state index contributed by atoms with van der Waals surface area (Å²) in [5.41, 5.74) is 2.70. The minimum absolute atomic E-state index is 0.0272. The van der Waals surface area contributed by atoms with Gasteiger partial charge in [0.25, 0.3) is 5.91 Å². The maximum atomic E-state index is 12.6. The highest BCUT2D eigenvalue weighted by molar-refractivity contribution is 6.01. The van der Waals surface area contributed by atoms with Crippen molar-refractivity contribution in [2.24, 2.45) is 0 Å². The number of ether oxygens (including phenoxy) is 3. The number of aromatic amines is 1. The van der Waals surface area contributed by atoms with Gasteiger partial charge in [0.2, 0.25) is 5.76 Å². The lowest BCUT2D eigenvalue weighted by atomic mass is 10.1. The first-order valence-electron chi connectivity index (χ1n) is 11.4. The van der Waals surface area contributed by atoms with Gasteiger partial charge in [-0.1, -0.05) is 24.3 Å². The summed E-state index contributed by atoms with van der Waals surface area (Å²) in [5.74, 6) is 0.318. The lowest BCUT2D eigenvalue weighted by Gasteiger charge is -2.11. The van der Waals surface area contributed by atoms with Gasteiger partial charge < -0.3 is 28.9 Å². The monoisotopic (exact) mass is 499 g/mol. The van der Waals surface area contributed by atoms with Crippen LogP contribution in [0.5, 0.6) is 11.5 Å². The second-order valence-corrected chi connectivity index (χ2v) is 7.99. The van der Waals surface area contributed by atoms with Crippen molar-refractivity contribution in [1.82, 2.24) is 10.3 Å². The minimum Gasteiger partial charge on any atom is -0.493 e. The summed E-state index contributed by atoms with van der Waals surface area (Å²) in [6.45, 7) is 0.449. The molecule has 0 aliphatic heterocycles. The van der Waals surface area contributed by atoms with Crippen LogP contribution in [-0.4, -0.2) is 37.6 Å². The zero-order valence-corrected chi connectivity index (χ0v) is 20.4. The third-order valence-corrected chi connectivity index (χ3v) is 5.64. The molecule has 9 nitrogen and oxygen atoms in total. The predicted octanol–water partition coefficient (Wildman–Crippen LogP) is 4.40. The average molecular weight is 500 g/mol. The van der Waals surface area contributed by atoms with Crippen molar-refractivity contribution in [2.75, 3.05) is 20.8 Å². The number of fused-ring (bicyclic) bond motifs is 1. The van der Waals surface area contributed by atoms with Crippen LogP contribution in [0.4, 0.5) is 0 Å². The molecule has 4 rings (SSSR count).